The van der Waals surface area contributed by atoms with E-state index in [0.29, 0.717) is 5.41 Å². The Morgan fingerprint density at radius 2 is 0.864 bits per heavy atom. The average molecular weight is 756 g/mol. The minimum Gasteiger partial charge on any atom is -0.310 e. The van der Waals surface area contributed by atoms with E-state index >= 15 is 0 Å². The lowest BCUT2D eigenvalue weighted by atomic mass is 9.27. The van der Waals surface area contributed by atoms with Gasteiger partial charge >= 0.3 is 0 Å². The summed E-state index contributed by atoms with van der Waals surface area (Å²) in [6.45, 7) is 0. The molecule has 282 valence electrons. The van der Waals surface area contributed by atoms with E-state index in [0.717, 1.165) is 40.7 Å². The van der Waals surface area contributed by atoms with Gasteiger partial charge in [-0.1, -0.05) is 152 Å². The Labute approximate surface area is 347 Å². The van der Waals surface area contributed by atoms with Crippen molar-refractivity contribution in [3.8, 4) is 55.6 Å². The number of anilines is 3. The molecule has 0 amide bonds. The molecule has 0 N–H and O–H groups in total. The maximum absolute atomic E-state index is 2.55. The van der Waals surface area contributed by atoms with Gasteiger partial charge < -0.3 is 4.90 Å². The Morgan fingerprint density at radius 1 is 0.356 bits per heavy atom. The molecule has 4 fully saturated rings. The Bertz CT molecular complexity index is 2830. The van der Waals surface area contributed by atoms with E-state index in [1.807, 2.05) is 0 Å². The summed E-state index contributed by atoms with van der Waals surface area (Å²) in [6.07, 6.45) is 5.91. The number of fused-ring (bicyclic) bond motifs is 8. The van der Waals surface area contributed by atoms with Crippen LogP contribution >= 0.6 is 0 Å². The van der Waals surface area contributed by atoms with E-state index in [4.69, 9.17) is 0 Å². The molecule has 0 radical (unpaired) electrons. The highest BCUT2D eigenvalue weighted by Crippen LogP contribution is 2.89. The molecule has 6 atom stereocenters. The third kappa shape index (κ3) is 4.68. The van der Waals surface area contributed by atoms with E-state index in [2.05, 4.69) is 205 Å². The number of rotatable bonds is 7. The number of nitrogens with zero attached hydrogens (tertiary/aromatic N) is 1. The minimum atomic E-state index is 0.244. The smallest absolute Gasteiger partial charge is 0.0467 e. The average Bonchev–Trinajstić information content (AvgIpc) is 3.94. The Balaban J connectivity index is 0.865. The number of hydrogen-bond acceptors (Lipinski definition) is 1. The molecule has 0 aromatic heterocycles. The second-order valence-electron chi connectivity index (χ2n) is 18.2. The van der Waals surface area contributed by atoms with E-state index in [1.54, 1.807) is 11.1 Å². The maximum Gasteiger partial charge on any atom is 0.0467 e. The quantitative estimate of drug-likeness (QED) is 0.157. The van der Waals surface area contributed by atoms with E-state index in [-0.39, 0.29) is 5.41 Å². The molecular weight excluding hydrogens is 711 g/mol. The van der Waals surface area contributed by atoms with Gasteiger partial charge in [-0.2, -0.15) is 0 Å². The zero-order valence-corrected chi connectivity index (χ0v) is 33.1. The van der Waals surface area contributed by atoms with Gasteiger partial charge in [-0.3, -0.25) is 0 Å². The second-order valence-corrected chi connectivity index (χ2v) is 18.2. The summed E-state index contributed by atoms with van der Waals surface area (Å²) < 4.78 is 0. The predicted molar refractivity (Wildman–Crippen MR) is 244 cm³/mol. The SMILES string of the molecule is c1ccc(-c2ccc(N(c3ccc(-c4ccccc4)cc3)c3cccc(-c4cccc(-c5ccc6c(c5)-c5ccccc5[C@@]65C6CC7CC8CC5C86C7)c4)c3)cc2)cc1. The third-order valence-electron chi connectivity index (χ3n) is 15.7. The number of benzene rings is 8. The first-order valence-electron chi connectivity index (χ1n) is 21.7. The summed E-state index contributed by atoms with van der Waals surface area (Å²) in [5.74, 6) is 3.65. The molecule has 1 heteroatoms. The van der Waals surface area contributed by atoms with Crippen LogP contribution in [0, 0.1) is 29.1 Å². The van der Waals surface area contributed by atoms with Crippen molar-refractivity contribution >= 4 is 17.1 Å². The van der Waals surface area contributed by atoms with Crippen LogP contribution in [0.1, 0.15) is 36.8 Å². The third-order valence-corrected chi connectivity index (χ3v) is 15.7. The molecule has 5 aliphatic rings. The molecule has 59 heavy (non-hydrogen) atoms. The minimum absolute atomic E-state index is 0.244. The highest BCUT2D eigenvalue weighted by Gasteiger charge is 2.84. The highest BCUT2D eigenvalue weighted by molar-refractivity contribution is 5.88. The molecule has 2 bridgehead atoms. The lowest BCUT2D eigenvalue weighted by Crippen LogP contribution is -2.73. The molecule has 0 heterocycles. The van der Waals surface area contributed by atoms with E-state index in [9.17, 15) is 0 Å². The first-order valence-corrected chi connectivity index (χ1v) is 21.7. The fraction of sp³-hybridized carbons (Fsp3) is 0.172. The van der Waals surface area contributed by atoms with Crippen LogP contribution in [-0.4, -0.2) is 0 Å². The topological polar surface area (TPSA) is 3.24 Å². The van der Waals surface area contributed by atoms with Gasteiger partial charge in [-0.05, 0) is 170 Å². The van der Waals surface area contributed by atoms with Crippen molar-refractivity contribution in [1.82, 2.24) is 0 Å². The molecule has 2 spiro atoms. The van der Waals surface area contributed by atoms with Crippen molar-refractivity contribution in [2.24, 2.45) is 29.1 Å². The van der Waals surface area contributed by atoms with Crippen molar-refractivity contribution in [3.05, 3.63) is 211 Å². The van der Waals surface area contributed by atoms with Crippen molar-refractivity contribution in [2.75, 3.05) is 4.90 Å². The van der Waals surface area contributed by atoms with Gasteiger partial charge in [0.25, 0.3) is 0 Å². The molecule has 0 saturated heterocycles. The first kappa shape index (κ1) is 33.5. The summed E-state index contributed by atoms with van der Waals surface area (Å²) in [6, 6.07) is 74.5. The van der Waals surface area contributed by atoms with E-state index < -0.39 is 0 Å². The maximum atomic E-state index is 2.55. The molecule has 13 rings (SSSR count). The van der Waals surface area contributed by atoms with Crippen molar-refractivity contribution in [2.45, 2.75) is 31.1 Å². The Morgan fingerprint density at radius 3 is 1.53 bits per heavy atom. The van der Waals surface area contributed by atoms with E-state index in [1.165, 1.54) is 81.3 Å². The van der Waals surface area contributed by atoms with Crippen LogP contribution < -0.4 is 4.90 Å². The van der Waals surface area contributed by atoms with Gasteiger partial charge in [-0.15, -0.1) is 0 Å². The van der Waals surface area contributed by atoms with Crippen LogP contribution in [0.5, 0.6) is 0 Å². The molecule has 5 aliphatic carbocycles. The van der Waals surface area contributed by atoms with Gasteiger partial charge in [0.1, 0.15) is 0 Å². The van der Waals surface area contributed by atoms with Crippen LogP contribution in [0.15, 0.2) is 200 Å². The van der Waals surface area contributed by atoms with Gasteiger partial charge in [0.2, 0.25) is 0 Å². The van der Waals surface area contributed by atoms with Crippen LogP contribution in [0.2, 0.25) is 0 Å². The Hall–Kier alpha value is -6.44. The molecule has 0 aliphatic heterocycles. The summed E-state index contributed by atoms with van der Waals surface area (Å²) in [5.41, 5.74) is 20.4. The van der Waals surface area contributed by atoms with Gasteiger partial charge in [0, 0.05) is 22.5 Å². The predicted octanol–water partition coefficient (Wildman–Crippen LogP) is 15.2. The lowest BCUT2D eigenvalue weighted by molar-refractivity contribution is -0.231. The summed E-state index contributed by atoms with van der Waals surface area (Å²) in [4.78, 5) is 2.38. The first-order chi connectivity index (χ1) is 29.2. The fourth-order valence-electron chi connectivity index (χ4n) is 13.5. The van der Waals surface area contributed by atoms with Crippen LogP contribution in [0.3, 0.4) is 0 Å². The zero-order chi connectivity index (χ0) is 38.7. The molecule has 1 nitrogen and oxygen atoms in total. The highest BCUT2D eigenvalue weighted by atomic mass is 15.1. The monoisotopic (exact) mass is 755 g/mol. The summed E-state index contributed by atoms with van der Waals surface area (Å²) in [5, 5.41) is 0. The molecular formula is C58H45N. The number of hydrogen-bond donors (Lipinski definition) is 0. The summed E-state index contributed by atoms with van der Waals surface area (Å²) in [7, 11) is 0. The van der Waals surface area contributed by atoms with Crippen molar-refractivity contribution in [3.63, 3.8) is 0 Å². The zero-order valence-electron chi connectivity index (χ0n) is 33.1. The van der Waals surface area contributed by atoms with Crippen molar-refractivity contribution in [1.29, 1.82) is 0 Å². The second kappa shape index (κ2) is 12.5. The summed E-state index contributed by atoms with van der Waals surface area (Å²) >= 11 is 0. The molecule has 8 aromatic rings. The molecule has 5 unspecified atom stereocenters. The Kier molecular flexibility index (Phi) is 7.12. The van der Waals surface area contributed by atoms with Gasteiger partial charge in [-0.25, -0.2) is 0 Å². The fourth-order valence-corrected chi connectivity index (χ4v) is 13.5. The largest absolute Gasteiger partial charge is 0.310 e. The normalized spacial score (nSPS) is 24.8. The standard InChI is InChI=1S/C58H45N/c1-3-11-39(12-4-1)41-21-26-48(27-22-41)59(49-28-23-42(24-29-49)40-13-5-2-6-14-40)50-18-10-17-45(34-50)43-15-9-16-44(33-43)46-25-30-54-52(35-46)51-19-7-8-20-53(51)58(54)55-32-38-31-47-36-56(58)57(47,55)37-38/h1-30,33-35,38,47,55-56H,31-32,36-37H2/t38?,47?,55?,56?,57?,58-/m0/s1. The van der Waals surface area contributed by atoms with Crippen LogP contribution in [0.4, 0.5) is 17.1 Å². The van der Waals surface area contributed by atoms with Crippen LogP contribution in [0.25, 0.3) is 55.6 Å². The van der Waals surface area contributed by atoms with Crippen molar-refractivity contribution < 1.29 is 0 Å². The van der Waals surface area contributed by atoms with Gasteiger partial charge in [0.05, 0.1) is 0 Å². The van der Waals surface area contributed by atoms with Gasteiger partial charge in [0.15, 0.2) is 0 Å². The lowest BCUT2D eigenvalue weighted by Gasteiger charge is -2.76. The molecule has 8 aromatic carbocycles. The van der Waals surface area contributed by atoms with Crippen LogP contribution in [-0.2, 0) is 5.41 Å². The molecule has 4 saturated carbocycles.